The molecule has 2 unspecified atom stereocenters. The lowest BCUT2D eigenvalue weighted by Crippen LogP contribution is -2.32. The maximum atomic E-state index is 10.8. The van der Waals surface area contributed by atoms with E-state index in [0.717, 1.165) is 37.8 Å². The molecule has 5 nitrogen and oxygen atoms in total. The number of aliphatic hydroxyl groups excluding tert-OH is 1. The van der Waals surface area contributed by atoms with E-state index in [4.69, 9.17) is 0 Å². The van der Waals surface area contributed by atoms with Gasteiger partial charge in [0.15, 0.2) is 0 Å². The van der Waals surface area contributed by atoms with Crippen LogP contribution in [0.3, 0.4) is 0 Å². The first kappa shape index (κ1) is 13.8. The van der Waals surface area contributed by atoms with Crippen molar-refractivity contribution < 1.29 is 10.0 Å². The van der Waals surface area contributed by atoms with Gasteiger partial charge in [-0.05, 0) is 31.9 Å². The number of anilines is 1. The standard InChI is InChI=1S/C14H20N2O3/c1-10-9-11(7-8-13(10)16(18)19)15-12-5-3-2-4-6-14(12)17/h7-9,12,14-15,17H,2-6H2,1H3. The van der Waals surface area contributed by atoms with Gasteiger partial charge in [-0.25, -0.2) is 0 Å². The lowest BCUT2D eigenvalue weighted by Gasteiger charge is -2.23. The molecule has 19 heavy (non-hydrogen) atoms. The minimum atomic E-state index is -0.375. The number of benzene rings is 1. The summed E-state index contributed by atoms with van der Waals surface area (Å²) in [5.41, 5.74) is 1.61. The minimum absolute atomic E-state index is 0.0448. The number of hydrogen-bond acceptors (Lipinski definition) is 4. The van der Waals surface area contributed by atoms with Crippen molar-refractivity contribution in [3.63, 3.8) is 0 Å². The van der Waals surface area contributed by atoms with Gasteiger partial charge in [-0.2, -0.15) is 0 Å². The zero-order valence-electron chi connectivity index (χ0n) is 11.1. The van der Waals surface area contributed by atoms with Gasteiger partial charge >= 0.3 is 0 Å². The van der Waals surface area contributed by atoms with Crippen LogP contribution >= 0.6 is 0 Å². The second kappa shape index (κ2) is 6.02. The van der Waals surface area contributed by atoms with Crippen LogP contribution in [0.4, 0.5) is 11.4 Å². The summed E-state index contributed by atoms with van der Waals surface area (Å²) in [5, 5.41) is 24.1. The Morgan fingerprint density at radius 1 is 1.32 bits per heavy atom. The van der Waals surface area contributed by atoms with Crippen molar-refractivity contribution in [2.45, 2.75) is 51.2 Å². The Labute approximate surface area is 112 Å². The van der Waals surface area contributed by atoms with E-state index < -0.39 is 0 Å². The number of nitro benzene ring substituents is 1. The van der Waals surface area contributed by atoms with Crippen LogP contribution in [0.1, 0.15) is 37.7 Å². The van der Waals surface area contributed by atoms with Crippen LogP contribution in [0.2, 0.25) is 0 Å². The molecule has 0 spiro atoms. The first-order valence-electron chi connectivity index (χ1n) is 6.77. The molecule has 1 saturated carbocycles. The van der Waals surface area contributed by atoms with Crippen molar-refractivity contribution in [3.05, 3.63) is 33.9 Å². The molecule has 1 aromatic rings. The van der Waals surface area contributed by atoms with E-state index >= 15 is 0 Å². The number of nitrogens with zero attached hydrogens (tertiary/aromatic N) is 1. The lowest BCUT2D eigenvalue weighted by atomic mass is 10.1. The van der Waals surface area contributed by atoms with E-state index in [0.29, 0.717) is 5.56 Å². The Balaban J connectivity index is 2.10. The van der Waals surface area contributed by atoms with Gasteiger partial charge < -0.3 is 10.4 Å². The summed E-state index contributed by atoms with van der Waals surface area (Å²) in [7, 11) is 0. The van der Waals surface area contributed by atoms with Gasteiger partial charge in [0.1, 0.15) is 0 Å². The van der Waals surface area contributed by atoms with Gasteiger partial charge in [0.2, 0.25) is 0 Å². The molecule has 0 saturated heterocycles. The second-order valence-corrected chi connectivity index (χ2v) is 5.21. The van der Waals surface area contributed by atoms with E-state index in [9.17, 15) is 15.2 Å². The Morgan fingerprint density at radius 3 is 2.74 bits per heavy atom. The third kappa shape index (κ3) is 3.44. The van der Waals surface area contributed by atoms with Gasteiger partial charge in [0.05, 0.1) is 17.1 Å². The predicted molar refractivity (Wildman–Crippen MR) is 74.3 cm³/mol. The smallest absolute Gasteiger partial charge is 0.272 e. The largest absolute Gasteiger partial charge is 0.391 e. The molecule has 0 aliphatic heterocycles. The third-order valence-electron chi connectivity index (χ3n) is 3.73. The molecule has 2 N–H and O–H groups in total. The summed E-state index contributed by atoms with van der Waals surface area (Å²) in [4.78, 5) is 10.4. The summed E-state index contributed by atoms with van der Waals surface area (Å²) in [6.45, 7) is 1.73. The van der Waals surface area contributed by atoms with Crippen LogP contribution < -0.4 is 5.32 Å². The zero-order valence-corrected chi connectivity index (χ0v) is 11.1. The molecule has 0 bridgehead atoms. The summed E-state index contributed by atoms with van der Waals surface area (Å²) in [6, 6.07) is 5.04. The maximum Gasteiger partial charge on any atom is 0.272 e. The quantitative estimate of drug-likeness (QED) is 0.500. The summed E-state index contributed by atoms with van der Waals surface area (Å²) in [6.07, 6.45) is 4.77. The van der Waals surface area contributed by atoms with Gasteiger partial charge in [-0.3, -0.25) is 10.1 Å². The second-order valence-electron chi connectivity index (χ2n) is 5.21. The van der Waals surface area contributed by atoms with Crippen LogP contribution in [-0.2, 0) is 0 Å². The topological polar surface area (TPSA) is 75.4 Å². The van der Waals surface area contributed by atoms with Crippen LogP contribution in [0.5, 0.6) is 0 Å². The van der Waals surface area contributed by atoms with Crippen molar-refractivity contribution in [3.8, 4) is 0 Å². The molecule has 2 atom stereocenters. The van der Waals surface area contributed by atoms with E-state index in [-0.39, 0.29) is 22.8 Å². The highest BCUT2D eigenvalue weighted by atomic mass is 16.6. The minimum Gasteiger partial charge on any atom is -0.391 e. The monoisotopic (exact) mass is 264 g/mol. The van der Waals surface area contributed by atoms with Gasteiger partial charge in [0.25, 0.3) is 5.69 Å². The SMILES string of the molecule is Cc1cc(NC2CCCCCC2O)ccc1[N+](=O)[O-]. The van der Waals surface area contributed by atoms with E-state index in [1.165, 1.54) is 6.07 Å². The number of aryl methyl sites for hydroxylation is 1. The van der Waals surface area contributed by atoms with E-state index in [1.54, 1.807) is 19.1 Å². The number of nitro groups is 1. The molecule has 0 amide bonds. The van der Waals surface area contributed by atoms with Gasteiger partial charge in [-0.1, -0.05) is 19.3 Å². The molecule has 0 radical (unpaired) electrons. The Kier molecular flexibility index (Phi) is 4.37. The molecule has 1 aliphatic rings. The van der Waals surface area contributed by atoms with Crippen LogP contribution in [0.15, 0.2) is 18.2 Å². The molecule has 104 valence electrons. The first-order valence-corrected chi connectivity index (χ1v) is 6.77. The highest BCUT2D eigenvalue weighted by molar-refractivity contribution is 5.54. The fourth-order valence-electron chi connectivity index (χ4n) is 2.62. The normalized spacial score (nSPS) is 23.7. The predicted octanol–water partition coefficient (Wildman–Crippen LogP) is 3.01. The molecular weight excluding hydrogens is 244 g/mol. The molecule has 0 heterocycles. The van der Waals surface area contributed by atoms with Crippen LogP contribution in [-0.4, -0.2) is 22.2 Å². The molecular formula is C14H20N2O3. The summed E-state index contributed by atoms with van der Waals surface area (Å²) >= 11 is 0. The first-order chi connectivity index (χ1) is 9.08. The highest BCUT2D eigenvalue weighted by Crippen LogP contribution is 2.25. The number of nitrogens with one attached hydrogen (secondary N) is 1. The zero-order chi connectivity index (χ0) is 13.8. The maximum absolute atomic E-state index is 10.8. The molecule has 1 aromatic carbocycles. The average Bonchev–Trinajstić information content (AvgIpc) is 2.55. The number of aliphatic hydroxyl groups is 1. The van der Waals surface area contributed by atoms with Gasteiger partial charge in [-0.15, -0.1) is 0 Å². The van der Waals surface area contributed by atoms with E-state index in [1.807, 2.05) is 0 Å². The molecule has 0 aromatic heterocycles. The highest BCUT2D eigenvalue weighted by Gasteiger charge is 2.21. The Hall–Kier alpha value is -1.62. The molecule has 1 fully saturated rings. The fourth-order valence-corrected chi connectivity index (χ4v) is 2.62. The van der Waals surface area contributed by atoms with Crippen molar-refractivity contribution in [2.24, 2.45) is 0 Å². The van der Waals surface area contributed by atoms with Crippen molar-refractivity contribution in [1.29, 1.82) is 0 Å². The molecule has 5 heteroatoms. The summed E-state index contributed by atoms with van der Waals surface area (Å²) < 4.78 is 0. The number of rotatable bonds is 3. The third-order valence-corrected chi connectivity index (χ3v) is 3.73. The van der Waals surface area contributed by atoms with Crippen molar-refractivity contribution >= 4 is 11.4 Å². The van der Waals surface area contributed by atoms with Gasteiger partial charge in [0, 0.05) is 17.3 Å². The Bertz CT molecular complexity index is 462. The van der Waals surface area contributed by atoms with E-state index in [2.05, 4.69) is 5.32 Å². The summed E-state index contributed by atoms with van der Waals surface area (Å²) in [5.74, 6) is 0. The van der Waals surface area contributed by atoms with Crippen molar-refractivity contribution in [1.82, 2.24) is 0 Å². The fraction of sp³-hybridized carbons (Fsp3) is 0.571. The average molecular weight is 264 g/mol. The van der Waals surface area contributed by atoms with Crippen LogP contribution in [0.25, 0.3) is 0 Å². The molecule has 1 aliphatic carbocycles. The van der Waals surface area contributed by atoms with Crippen molar-refractivity contribution in [2.75, 3.05) is 5.32 Å². The lowest BCUT2D eigenvalue weighted by molar-refractivity contribution is -0.385. The Morgan fingerprint density at radius 2 is 2.05 bits per heavy atom. The molecule has 2 rings (SSSR count). The van der Waals surface area contributed by atoms with Crippen LogP contribution in [0, 0.1) is 17.0 Å². The number of hydrogen-bond donors (Lipinski definition) is 2.